The molecule has 17 heavy (non-hydrogen) atoms. The molecular formula is C12H23N3O2. The molecule has 0 bridgehead atoms. The van der Waals surface area contributed by atoms with Crippen LogP contribution in [0.5, 0.6) is 0 Å². The largest absolute Gasteiger partial charge is 0.383 e. The van der Waals surface area contributed by atoms with Gasteiger partial charge < -0.3 is 19.4 Å². The van der Waals surface area contributed by atoms with Crippen LogP contribution in [0.3, 0.4) is 0 Å². The lowest BCUT2D eigenvalue weighted by Crippen LogP contribution is -2.24. The van der Waals surface area contributed by atoms with E-state index in [4.69, 9.17) is 9.47 Å². The van der Waals surface area contributed by atoms with Crippen LogP contribution in [0.25, 0.3) is 0 Å². The first-order valence-corrected chi connectivity index (χ1v) is 6.04. The minimum atomic E-state index is 0.248. The second kappa shape index (κ2) is 7.29. The molecule has 1 unspecified atom stereocenters. The first-order valence-electron chi connectivity index (χ1n) is 6.04. The molecule has 0 aliphatic heterocycles. The second-order valence-electron chi connectivity index (χ2n) is 4.10. The lowest BCUT2D eigenvalue weighted by Gasteiger charge is -2.15. The Kier molecular flexibility index (Phi) is 6.00. The molecule has 1 aromatic rings. The zero-order chi connectivity index (χ0) is 12.7. The van der Waals surface area contributed by atoms with Gasteiger partial charge in [0.25, 0.3) is 0 Å². The number of ether oxygens (including phenoxy) is 2. The summed E-state index contributed by atoms with van der Waals surface area (Å²) in [6, 6.07) is 0.248. The van der Waals surface area contributed by atoms with Gasteiger partial charge in [-0.05, 0) is 20.8 Å². The van der Waals surface area contributed by atoms with Crippen molar-refractivity contribution in [2.24, 2.45) is 0 Å². The number of nitrogens with one attached hydrogen (secondary N) is 1. The van der Waals surface area contributed by atoms with Crippen molar-refractivity contribution in [1.82, 2.24) is 9.55 Å². The lowest BCUT2D eigenvalue weighted by molar-refractivity contribution is 0.141. The molecule has 98 valence electrons. The molecule has 1 N–H and O–H groups in total. The predicted octanol–water partition coefficient (Wildman–Crippen LogP) is 1.67. The Labute approximate surface area is 103 Å². The van der Waals surface area contributed by atoms with Gasteiger partial charge in [-0.3, -0.25) is 0 Å². The van der Waals surface area contributed by atoms with Crippen molar-refractivity contribution in [3.8, 4) is 0 Å². The van der Waals surface area contributed by atoms with Crippen molar-refractivity contribution in [3.63, 3.8) is 0 Å². The van der Waals surface area contributed by atoms with E-state index in [-0.39, 0.29) is 6.04 Å². The number of aromatic nitrogens is 2. The van der Waals surface area contributed by atoms with E-state index in [0.717, 1.165) is 24.8 Å². The highest BCUT2D eigenvalue weighted by Gasteiger charge is 2.08. The molecule has 5 heteroatoms. The van der Waals surface area contributed by atoms with Gasteiger partial charge in [0, 0.05) is 32.5 Å². The van der Waals surface area contributed by atoms with E-state index in [1.54, 1.807) is 7.11 Å². The van der Waals surface area contributed by atoms with Crippen LogP contribution in [0.15, 0.2) is 6.20 Å². The number of nitrogens with zero attached hydrogens (tertiary/aromatic N) is 2. The van der Waals surface area contributed by atoms with E-state index in [1.165, 1.54) is 0 Å². The van der Waals surface area contributed by atoms with Gasteiger partial charge in [-0.2, -0.15) is 0 Å². The van der Waals surface area contributed by atoms with Gasteiger partial charge in [-0.25, -0.2) is 4.98 Å². The molecule has 0 radical (unpaired) electrons. The van der Waals surface area contributed by atoms with Crippen molar-refractivity contribution in [1.29, 1.82) is 0 Å². The van der Waals surface area contributed by atoms with Crippen LogP contribution in [0.1, 0.15) is 19.5 Å². The molecule has 0 aliphatic rings. The number of anilines is 1. The minimum absolute atomic E-state index is 0.248. The van der Waals surface area contributed by atoms with Crippen molar-refractivity contribution in [2.45, 2.75) is 33.4 Å². The van der Waals surface area contributed by atoms with Crippen LogP contribution in [0, 0.1) is 6.92 Å². The third kappa shape index (κ3) is 4.75. The molecule has 1 heterocycles. The van der Waals surface area contributed by atoms with Crippen molar-refractivity contribution >= 4 is 5.95 Å². The molecule has 0 saturated carbocycles. The summed E-state index contributed by atoms with van der Waals surface area (Å²) in [6.45, 7) is 8.99. The quantitative estimate of drug-likeness (QED) is 0.752. The van der Waals surface area contributed by atoms with E-state index >= 15 is 0 Å². The molecule has 1 atom stereocenters. The molecule has 0 aliphatic carbocycles. The number of aryl methyl sites for hydroxylation is 1. The molecule has 5 nitrogen and oxygen atoms in total. The maximum Gasteiger partial charge on any atom is 0.203 e. The summed E-state index contributed by atoms with van der Waals surface area (Å²) in [4.78, 5) is 4.45. The van der Waals surface area contributed by atoms with E-state index < -0.39 is 0 Å². The fraction of sp³-hybridized carbons (Fsp3) is 0.750. The van der Waals surface area contributed by atoms with Gasteiger partial charge in [-0.1, -0.05) is 0 Å². The summed E-state index contributed by atoms with van der Waals surface area (Å²) in [5, 5.41) is 3.35. The monoisotopic (exact) mass is 241 g/mol. The Morgan fingerprint density at radius 3 is 2.94 bits per heavy atom. The van der Waals surface area contributed by atoms with Crippen LogP contribution in [0.4, 0.5) is 5.95 Å². The Balaban J connectivity index is 2.55. The standard InChI is InChI=1S/C12H23N3O2/c1-5-17-9-11(3)14-12-13-10(2)8-15(12)6-7-16-4/h8,11H,5-7,9H2,1-4H3,(H,13,14). The van der Waals surface area contributed by atoms with E-state index in [0.29, 0.717) is 13.2 Å². The molecule has 0 aromatic carbocycles. The van der Waals surface area contributed by atoms with Crippen LogP contribution >= 0.6 is 0 Å². The smallest absolute Gasteiger partial charge is 0.203 e. The Hall–Kier alpha value is -1.07. The highest BCUT2D eigenvalue weighted by atomic mass is 16.5. The first-order chi connectivity index (χ1) is 8.17. The summed E-state index contributed by atoms with van der Waals surface area (Å²) < 4.78 is 12.5. The third-order valence-corrected chi connectivity index (χ3v) is 2.38. The fourth-order valence-corrected chi connectivity index (χ4v) is 1.58. The number of rotatable bonds is 8. The summed E-state index contributed by atoms with van der Waals surface area (Å²) in [7, 11) is 1.70. The van der Waals surface area contributed by atoms with Crippen LogP contribution in [0.2, 0.25) is 0 Å². The normalized spacial score (nSPS) is 12.7. The molecular weight excluding hydrogens is 218 g/mol. The fourth-order valence-electron chi connectivity index (χ4n) is 1.58. The SMILES string of the molecule is CCOCC(C)Nc1nc(C)cn1CCOC. The van der Waals surface area contributed by atoms with Gasteiger partial charge in [0.2, 0.25) is 5.95 Å². The Bertz CT molecular complexity index is 326. The highest BCUT2D eigenvalue weighted by Crippen LogP contribution is 2.09. The van der Waals surface area contributed by atoms with Crippen LogP contribution in [-0.2, 0) is 16.0 Å². The zero-order valence-corrected chi connectivity index (χ0v) is 11.2. The van der Waals surface area contributed by atoms with Crippen LogP contribution < -0.4 is 5.32 Å². The van der Waals surface area contributed by atoms with Gasteiger partial charge in [0.15, 0.2) is 0 Å². The summed E-state index contributed by atoms with van der Waals surface area (Å²) in [5.41, 5.74) is 1.01. The molecule has 0 spiro atoms. The summed E-state index contributed by atoms with van der Waals surface area (Å²) in [6.07, 6.45) is 2.02. The summed E-state index contributed by atoms with van der Waals surface area (Å²) in [5.74, 6) is 0.881. The average Bonchev–Trinajstić information content (AvgIpc) is 2.64. The van der Waals surface area contributed by atoms with Crippen molar-refractivity contribution in [3.05, 3.63) is 11.9 Å². The van der Waals surface area contributed by atoms with Gasteiger partial charge in [0.1, 0.15) is 0 Å². The second-order valence-corrected chi connectivity index (χ2v) is 4.10. The molecule has 0 amide bonds. The molecule has 1 rings (SSSR count). The molecule has 0 fully saturated rings. The molecule has 1 aromatic heterocycles. The predicted molar refractivity (Wildman–Crippen MR) is 68.4 cm³/mol. The Morgan fingerprint density at radius 1 is 1.53 bits per heavy atom. The van der Waals surface area contributed by atoms with E-state index in [9.17, 15) is 0 Å². The number of imidazole rings is 1. The van der Waals surface area contributed by atoms with Crippen molar-refractivity contribution in [2.75, 3.05) is 32.2 Å². The van der Waals surface area contributed by atoms with E-state index in [2.05, 4.69) is 21.8 Å². The topological polar surface area (TPSA) is 48.3 Å². The zero-order valence-electron chi connectivity index (χ0n) is 11.2. The maximum atomic E-state index is 5.37. The van der Waals surface area contributed by atoms with Crippen LogP contribution in [-0.4, -0.2) is 42.5 Å². The Morgan fingerprint density at radius 2 is 2.29 bits per heavy atom. The first kappa shape index (κ1) is 14.0. The summed E-state index contributed by atoms with van der Waals surface area (Å²) >= 11 is 0. The average molecular weight is 241 g/mol. The number of hydrogen-bond acceptors (Lipinski definition) is 4. The molecule has 0 saturated heterocycles. The van der Waals surface area contributed by atoms with Gasteiger partial charge >= 0.3 is 0 Å². The lowest BCUT2D eigenvalue weighted by atomic mass is 10.4. The number of hydrogen-bond donors (Lipinski definition) is 1. The van der Waals surface area contributed by atoms with Crippen molar-refractivity contribution < 1.29 is 9.47 Å². The number of methoxy groups -OCH3 is 1. The third-order valence-electron chi connectivity index (χ3n) is 2.38. The maximum absolute atomic E-state index is 5.37. The van der Waals surface area contributed by atoms with Gasteiger partial charge in [-0.15, -0.1) is 0 Å². The van der Waals surface area contributed by atoms with E-state index in [1.807, 2.05) is 20.0 Å². The highest BCUT2D eigenvalue weighted by molar-refractivity contribution is 5.30. The minimum Gasteiger partial charge on any atom is -0.383 e. The van der Waals surface area contributed by atoms with Gasteiger partial charge in [0.05, 0.1) is 18.9 Å².